The molecule has 5 N–H and O–H groups in total. The van der Waals surface area contributed by atoms with Crippen molar-refractivity contribution in [2.75, 3.05) is 16.8 Å². The van der Waals surface area contributed by atoms with Crippen LogP contribution in [0.25, 0.3) is 0 Å². The van der Waals surface area contributed by atoms with Gasteiger partial charge in [-0.15, -0.1) is 0 Å². The molecule has 3 nitrogen and oxygen atoms in total. The van der Waals surface area contributed by atoms with Crippen molar-refractivity contribution < 1.29 is 0 Å². The van der Waals surface area contributed by atoms with E-state index < -0.39 is 0 Å². The summed E-state index contributed by atoms with van der Waals surface area (Å²) in [5, 5.41) is 3.49. The molecule has 2 aromatic rings. The first-order valence-corrected chi connectivity index (χ1v) is 5.73. The third kappa shape index (κ3) is 1.80. The maximum Gasteiger partial charge on any atom is 0.0555 e. The molecule has 1 atom stereocenters. The molecule has 1 heterocycles. The Morgan fingerprint density at radius 1 is 1.00 bits per heavy atom. The Labute approximate surface area is 100 Å². The zero-order chi connectivity index (χ0) is 11.8. The monoisotopic (exact) mass is 225 g/mol. The average Bonchev–Trinajstić information content (AvgIpc) is 2.72. The third-order valence-corrected chi connectivity index (χ3v) is 3.20. The molecule has 0 aromatic heterocycles. The van der Waals surface area contributed by atoms with Crippen LogP contribution in [-0.4, -0.2) is 0 Å². The number of hydrogen-bond acceptors (Lipinski definition) is 3. The van der Waals surface area contributed by atoms with Crippen molar-refractivity contribution in [3.8, 4) is 0 Å². The van der Waals surface area contributed by atoms with Crippen molar-refractivity contribution in [3.05, 3.63) is 53.6 Å². The Morgan fingerprint density at radius 3 is 2.65 bits per heavy atom. The fourth-order valence-electron chi connectivity index (χ4n) is 2.36. The summed E-state index contributed by atoms with van der Waals surface area (Å²) in [5.74, 6) is 0. The number of rotatable bonds is 1. The third-order valence-electron chi connectivity index (χ3n) is 3.20. The van der Waals surface area contributed by atoms with E-state index in [4.69, 9.17) is 11.5 Å². The predicted octanol–water partition coefficient (Wildman–Crippen LogP) is 2.56. The second kappa shape index (κ2) is 3.70. The summed E-state index contributed by atoms with van der Waals surface area (Å²) in [6.45, 7) is 0. The Balaban J connectivity index is 1.91. The van der Waals surface area contributed by atoms with Crippen LogP contribution in [0.1, 0.15) is 17.2 Å². The van der Waals surface area contributed by atoms with Crippen molar-refractivity contribution in [1.82, 2.24) is 0 Å². The molecule has 0 amide bonds. The van der Waals surface area contributed by atoms with Crippen LogP contribution < -0.4 is 16.8 Å². The smallest absolute Gasteiger partial charge is 0.0555 e. The molecule has 1 aliphatic heterocycles. The molecule has 0 saturated carbocycles. The minimum Gasteiger partial charge on any atom is -0.399 e. The lowest BCUT2D eigenvalue weighted by molar-refractivity contribution is 0.825. The maximum atomic E-state index is 5.81. The minimum atomic E-state index is 0.301. The van der Waals surface area contributed by atoms with Crippen molar-refractivity contribution in [2.24, 2.45) is 0 Å². The summed E-state index contributed by atoms with van der Waals surface area (Å²) in [5.41, 5.74) is 16.9. The van der Waals surface area contributed by atoms with Gasteiger partial charge in [-0.25, -0.2) is 0 Å². The van der Waals surface area contributed by atoms with Crippen molar-refractivity contribution in [2.45, 2.75) is 12.5 Å². The second-order valence-electron chi connectivity index (χ2n) is 4.49. The zero-order valence-electron chi connectivity index (χ0n) is 9.48. The Morgan fingerprint density at radius 2 is 1.82 bits per heavy atom. The van der Waals surface area contributed by atoms with Gasteiger partial charge in [-0.2, -0.15) is 0 Å². The normalized spacial score (nSPS) is 17.5. The lowest BCUT2D eigenvalue weighted by Gasteiger charge is -2.12. The molecule has 0 fully saturated rings. The molecule has 3 rings (SSSR count). The van der Waals surface area contributed by atoms with Crippen LogP contribution in [-0.2, 0) is 6.42 Å². The first-order valence-electron chi connectivity index (χ1n) is 5.73. The Bertz CT molecular complexity index is 563. The summed E-state index contributed by atoms with van der Waals surface area (Å²) in [4.78, 5) is 0. The molecule has 17 heavy (non-hydrogen) atoms. The van der Waals surface area contributed by atoms with Crippen LogP contribution in [0.5, 0.6) is 0 Å². The standard InChI is InChI=1S/C14H15N3/c15-11-3-1-2-9(6-11)14-8-10-7-12(16)4-5-13(10)17-14/h1-7,14,17H,8,15-16H2. The highest BCUT2D eigenvalue weighted by Gasteiger charge is 2.21. The quantitative estimate of drug-likeness (QED) is 0.653. The maximum absolute atomic E-state index is 5.81. The molecule has 0 radical (unpaired) electrons. The van der Waals surface area contributed by atoms with Gasteiger partial charge in [0.15, 0.2) is 0 Å². The molecule has 0 bridgehead atoms. The number of anilines is 3. The number of fused-ring (bicyclic) bond motifs is 1. The zero-order valence-corrected chi connectivity index (χ0v) is 9.48. The molecule has 1 unspecified atom stereocenters. The van der Waals surface area contributed by atoms with Crippen LogP contribution in [0.3, 0.4) is 0 Å². The van der Waals surface area contributed by atoms with Crippen LogP contribution in [0.4, 0.5) is 17.1 Å². The topological polar surface area (TPSA) is 64.1 Å². The van der Waals surface area contributed by atoms with Gasteiger partial charge in [0.2, 0.25) is 0 Å². The molecule has 0 aliphatic carbocycles. The van der Waals surface area contributed by atoms with Gasteiger partial charge >= 0.3 is 0 Å². The lowest BCUT2D eigenvalue weighted by Crippen LogP contribution is -2.05. The minimum absolute atomic E-state index is 0.301. The molecule has 3 heteroatoms. The van der Waals surface area contributed by atoms with Crippen molar-refractivity contribution >= 4 is 17.1 Å². The predicted molar refractivity (Wildman–Crippen MR) is 71.8 cm³/mol. The molecule has 0 saturated heterocycles. The second-order valence-corrected chi connectivity index (χ2v) is 4.49. The summed E-state index contributed by atoms with van der Waals surface area (Å²) in [6, 6.07) is 14.3. The summed E-state index contributed by atoms with van der Waals surface area (Å²) in [7, 11) is 0. The highest BCUT2D eigenvalue weighted by atomic mass is 14.9. The Hall–Kier alpha value is -2.16. The van der Waals surface area contributed by atoms with Crippen molar-refractivity contribution in [1.29, 1.82) is 0 Å². The van der Waals surface area contributed by atoms with Crippen LogP contribution >= 0.6 is 0 Å². The van der Waals surface area contributed by atoms with E-state index in [-0.39, 0.29) is 0 Å². The van der Waals surface area contributed by atoms with Gasteiger partial charge in [0.05, 0.1) is 6.04 Å². The van der Waals surface area contributed by atoms with E-state index in [1.165, 1.54) is 16.8 Å². The molecular formula is C14H15N3. The van der Waals surface area contributed by atoms with E-state index in [9.17, 15) is 0 Å². The number of nitrogens with two attached hydrogens (primary N) is 2. The van der Waals surface area contributed by atoms with E-state index in [0.717, 1.165) is 17.8 Å². The van der Waals surface area contributed by atoms with Crippen LogP contribution in [0, 0.1) is 0 Å². The number of benzene rings is 2. The number of hydrogen-bond donors (Lipinski definition) is 3. The van der Waals surface area contributed by atoms with E-state index in [1.54, 1.807) is 0 Å². The molecular weight excluding hydrogens is 210 g/mol. The average molecular weight is 225 g/mol. The highest BCUT2D eigenvalue weighted by Crippen LogP contribution is 2.35. The van der Waals surface area contributed by atoms with Gasteiger partial charge in [0.25, 0.3) is 0 Å². The fraction of sp³-hybridized carbons (Fsp3) is 0.143. The highest BCUT2D eigenvalue weighted by molar-refractivity contribution is 5.63. The van der Waals surface area contributed by atoms with E-state index >= 15 is 0 Å². The van der Waals surface area contributed by atoms with Gasteiger partial charge in [-0.3, -0.25) is 0 Å². The molecule has 1 aliphatic rings. The van der Waals surface area contributed by atoms with Gasteiger partial charge in [0.1, 0.15) is 0 Å². The SMILES string of the molecule is Nc1cccc(C2Cc3cc(N)ccc3N2)c1. The first kappa shape index (κ1) is 10.0. The molecule has 86 valence electrons. The molecule has 0 spiro atoms. The van der Waals surface area contributed by atoms with E-state index in [0.29, 0.717) is 6.04 Å². The fourth-order valence-corrected chi connectivity index (χ4v) is 2.36. The van der Waals surface area contributed by atoms with Gasteiger partial charge in [-0.05, 0) is 47.9 Å². The van der Waals surface area contributed by atoms with Gasteiger partial charge < -0.3 is 16.8 Å². The number of nitrogen functional groups attached to an aromatic ring is 2. The van der Waals surface area contributed by atoms with Crippen LogP contribution in [0.15, 0.2) is 42.5 Å². The summed E-state index contributed by atoms with van der Waals surface area (Å²) < 4.78 is 0. The molecule has 2 aromatic carbocycles. The lowest BCUT2D eigenvalue weighted by atomic mass is 10.0. The largest absolute Gasteiger partial charge is 0.399 e. The summed E-state index contributed by atoms with van der Waals surface area (Å²) >= 11 is 0. The number of nitrogens with one attached hydrogen (secondary N) is 1. The van der Waals surface area contributed by atoms with E-state index in [1.807, 2.05) is 36.4 Å². The Kier molecular flexibility index (Phi) is 2.18. The first-order chi connectivity index (χ1) is 8.22. The van der Waals surface area contributed by atoms with Gasteiger partial charge in [-0.1, -0.05) is 12.1 Å². The van der Waals surface area contributed by atoms with E-state index in [2.05, 4.69) is 11.4 Å². The summed E-state index contributed by atoms with van der Waals surface area (Å²) in [6.07, 6.45) is 0.962. The van der Waals surface area contributed by atoms with Gasteiger partial charge in [0, 0.05) is 17.1 Å². The van der Waals surface area contributed by atoms with Crippen molar-refractivity contribution in [3.63, 3.8) is 0 Å². The van der Waals surface area contributed by atoms with Crippen LogP contribution in [0.2, 0.25) is 0 Å².